The molecule has 238 valence electrons. The number of likely N-dealkylation sites (tertiary alicyclic amines) is 2. The number of benzene rings is 2. The smallest absolute Gasteiger partial charge is 0.319 e. The van der Waals surface area contributed by atoms with Crippen molar-refractivity contribution in [3.63, 3.8) is 0 Å². The van der Waals surface area contributed by atoms with Gasteiger partial charge in [0.15, 0.2) is 5.82 Å². The minimum Gasteiger partial charge on any atom is -0.462 e. The number of fused-ring (bicyclic) bond motifs is 2. The van der Waals surface area contributed by atoms with E-state index in [-0.39, 0.29) is 59.5 Å². The first-order chi connectivity index (χ1) is 22.2. The fourth-order valence-electron chi connectivity index (χ4n) is 6.83. The second kappa shape index (κ2) is 12.6. The molecular formula is C35H36F2N6O3. The van der Waals surface area contributed by atoms with Crippen LogP contribution in [0.15, 0.2) is 49.2 Å². The summed E-state index contributed by atoms with van der Waals surface area (Å²) in [5, 5.41) is 1.42. The molecule has 0 aliphatic carbocycles. The minimum atomic E-state index is -0.709. The van der Waals surface area contributed by atoms with Gasteiger partial charge in [-0.05, 0) is 44.3 Å². The predicted molar refractivity (Wildman–Crippen MR) is 174 cm³/mol. The number of ether oxygens (including phenoxy) is 2. The second-order valence-corrected chi connectivity index (χ2v) is 11.9. The van der Waals surface area contributed by atoms with Crippen LogP contribution in [0.25, 0.3) is 32.9 Å². The normalized spacial score (nSPS) is 21.5. The third kappa shape index (κ3) is 5.42. The number of carbonyl (C=O) groups is 1. The highest BCUT2D eigenvalue weighted by Crippen LogP contribution is 2.37. The standard InChI is InChI=1S/C35H36F2N6O3/c1-7-24-27(36)13-12-21-10-9-11-25(30(21)24)32-31(37)33-26(17-38-32)34(42(5)28-14-15-43(20(28)3)29(44)8-2)40-35(39-33)46-19-22-16-23(45-6)18-41(22)4/h1,8-13,17,20,22-23,28H,2,14-16,18-19H2,3-6H3/t20-,22+,23-,28-/m1/s1. The number of amides is 1. The summed E-state index contributed by atoms with van der Waals surface area (Å²) >= 11 is 0. The van der Waals surface area contributed by atoms with Crippen LogP contribution in [0, 0.1) is 24.0 Å². The van der Waals surface area contributed by atoms with Gasteiger partial charge in [-0.25, -0.2) is 8.78 Å². The Morgan fingerprint density at radius 2 is 2.07 bits per heavy atom. The molecule has 0 spiro atoms. The zero-order valence-electron chi connectivity index (χ0n) is 26.3. The summed E-state index contributed by atoms with van der Waals surface area (Å²) in [4.78, 5) is 32.2. The van der Waals surface area contributed by atoms with Gasteiger partial charge in [-0.2, -0.15) is 9.97 Å². The molecule has 2 aromatic carbocycles. The lowest BCUT2D eigenvalue weighted by molar-refractivity contribution is -0.126. The molecule has 4 aromatic rings. The fourth-order valence-corrected chi connectivity index (χ4v) is 6.83. The van der Waals surface area contributed by atoms with Crippen molar-refractivity contribution >= 4 is 33.4 Å². The number of halogens is 2. The Hall–Kier alpha value is -4.66. The van der Waals surface area contributed by atoms with Crippen molar-refractivity contribution in [3.8, 4) is 29.6 Å². The molecule has 46 heavy (non-hydrogen) atoms. The number of terminal acetylenes is 1. The maximum atomic E-state index is 16.7. The summed E-state index contributed by atoms with van der Waals surface area (Å²) < 4.78 is 43.2. The highest BCUT2D eigenvalue weighted by molar-refractivity contribution is 6.02. The van der Waals surface area contributed by atoms with Crippen LogP contribution in [0.2, 0.25) is 0 Å². The maximum absolute atomic E-state index is 16.7. The molecule has 9 nitrogen and oxygen atoms in total. The molecule has 4 atom stereocenters. The van der Waals surface area contributed by atoms with Gasteiger partial charge in [-0.15, -0.1) is 6.42 Å². The van der Waals surface area contributed by atoms with Crippen molar-refractivity contribution in [2.45, 2.75) is 44.0 Å². The van der Waals surface area contributed by atoms with Crippen LogP contribution in [-0.2, 0) is 9.53 Å². The molecule has 0 unspecified atom stereocenters. The number of likely N-dealkylation sites (N-methyl/N-ethyl adjacent to an activating group) is 2. The van der Waals surface area contributed by atoms with Crippen LogP contribution >= 0.6 is 0 Å². The molecule has 2 aliphatic rings. The van der Waals surface area contributed by atoms with Gasteiger partial charge in [0, 0.05) is 56.5 Å². The molecule has 0 N–H and O–H groups in total. The summed E-state index contributed by atoms with van der Waals surface area (Å²) in [5.41, 5.74) is 0.368. The van der Waals surface area contributed by atoms with Gasteiger partial charge >= 0.3 is 6.01 Å². The summed E-state index contributed by atoms with van der Waals surface area (Å²) in [6.45, 7) is 7.20. The second-order valence-electron chi connectivity index (χ2n) is 11.9. The number of nitrogens with zero attached hydrogens (tertiary/aromatic N) is 6. The molecule has 11 heteroatoms. The van der Waals surface area contributed by atoms with Crippen LogP contribution in [0.5, 0.6) is 6.01 Å². The zero-order valence-corrected chi connectivity index (χ0v) is 26.3. The molecule has 4 heterocycles. The van der Waals surface area contributed by atoms with E-state index in [0.717, 1.165) is 13.0 Å². The van der Waals surface area contributed by atoms with Crippen LogP contribution in [-0.4, -0.2) is 95.8 Å². The molecule has 6 rings (SSSR count). The lowest BCUT2D eigenvalue weighted by atomic mass is 9.96. The first-order valence-electron chi connectivity index (χ1n) is 15.2. The van der Waals surface area contributed by atoms with Crippen LogP contribution < -0.4 is 9.64 Å². The van der Waals surface area contributed by atoms with Crippen molar-refractivity contribution < 1.29 is 23.0 Å². The lowest BCUT2D eigenvalue weighted by Gasteiger charge is -2.32. The zero-order chi connectivity index (χ0) is 32.7. The van der Waals surface area contributed by atoms with Crippen LogP contribution in [0.4, 0.5) is 14.6 Å². The molecule has 0 saturated carbocycles. The molecule has 1 amide bonds. The van der Waals surface area contributed by atoms with E-state index < -0.39 is 11.6 Å². The quantitative estimate of drug-likeness (QED) is 0.204. The van der Waals surface area contributed by atoms with E-state index in [2.05, 4.69) is 27.4 Å². The Morgan fingerprint density at radius 1 is 1.26 bits per heavy atom. The Bertz CT molecular complexity index is 1880. The minimum absolute atomic E-state index is 0.00623. The topological polar surface area (TPSA) is 83.9 Å². The number of hydrogen-bond donors (Lipinski definition) is 0. The van der Waals surface area contributed by atoms with Crippen LogP contribution in [0.1, 0.15) is 25.3 Å². The van der Waals surface area contributed by atoms with E-state index in [4.69, 9.17) is 20.9 Å². The van der Waals surface area contributed by atoms with Gasteiger partial charge in [0.25, 0.3) is 0 Å². The summed E-state index contributed by atoms with van der Waals surface area (Å²) in [6, 6.07) is 7.89. The summed E-state index contributed by atoms with van der Waals surface area (Å²) in [5.74, 6) is 1.41. The van der Waals surface area contributed by atoms with E-state index in [0.29, 0.717) is 40.5 Å². The number of methoxy groups -OCH3 is 1. The van der Waals surface area contributed by atoms with Gasteiger partial charge in [-0.1, -0.05) is 36.8 Å². The number of rotatable bonds is 8. The summed E-state index contributed by atoms with van der Waals surface area (Å²) in [7, 11) is 5.55. The number of aromatic nitrogens is 3. The van der Waals surface area contributed by atoms with Gasteiger partial charge in [0.05, 0.1) is 23.1 Å². The average Bonchev–Trinajstić information content (AvgIpc) is 3.64. The van der Waals surface area contributed by atoms with E-state index in [9.17, 15) is 9.18 Å². The van der Waals surface area contributed by atoms with Crippen molar-refractivity contribution in [1.82, 2.24) is 24.8 Å². The summed E-state index contributed by atoms with van der Waals surface area (Å²) in [6.07, 6.45) is 10.1. The molecule has 2 fully saturated rings. The van der Waals surface area contributed by atoms with Gasteiger partial charge in [-0.3, -0.25) is 14.7 Å². The first kappa shape index (κ1) is 31.3. The molecule has 2 aromatic heterocycles. The van der Waals surface area contributed by atoms with E-state index in [1.54, 1.807) is 36.3 Å². The largest absolute Gasteiger partial charge is 0.462 e. The Kier molecular flexibility index (Phi) is 8.59. The third-order valence-electron chi connectivity index (χ3n) is 9.43. The first-order valence-corrected chi connectivity index (χ1v) is 15.2. The van der Waals surface area contributed by atoms with Gasteiger partial charge < -0.3 is 19.3 Å². The van der Waals surface area contributed by atoms with E-state index >= 15 is 4.39 Å². The highest BCUT2D eigenvalue weighted by atomic mass is 19.1. The number of hydrogen-bond acceptors (Lipinski definition) is 8. The van der Waals surface area contributed by atoms with Crippen LogP contribution in [0.3, 0.4) is 0 Å². The molecule has 0 radical (unpaired) electrons. The fraction of sp³-hybridized carbons (Fsp3) is 0.371. The molecule has 0 bridgehead atoms. The van der Waals surface area contributed by atoms with Crippen molar-refractivity contribution in [3.05, 3.63) is 66.4 Å². The average molecular weight is 627 g/mol. The lowest BCUT2D eigenvalue weighted by Crippen LogP contribution is -2.43. The van der Waals surface area contributed by atoms with Gasteiger partial charge in [0.2, 0.25) is 5.91 Å². The Labute approximate surface area is 266 Å². The van der Waals surface area contributed by atoms with Crippen molar-refractivity contribution in [2.24, 2.45) is 0 Å². The van der Waals surface area contributed by atoms with E-state index in [1.807, 2.05) is 25.9 Å². The maximum Gasteiger partial charge on any atom is 0.319 e. The van der Waals surface area contributed by atoms with Crippen molar-refractivity contribution in [1.29, 1.82) is 0 Å². The number of anilines is 1. The molecule has 2 saturated heterocycles. The van der Waals surface area contributed by atoms with E-state index in [1.165, 1.54) is 18.3 Å². The SMILES string of the molecule is C#Cc1c(F)ccc2cccc(-c3ncc4c(N(C)[C@@H]5CCN(C(=O)C=C)[C@@H]5C)nc(OC[C@@H]5C[C@@H](OC)CN5C)nc4c3F)c12. The number of pyridine rings is 1. The Morgan fingerprint density at radius 3 is 2.78 bits per heavy atom. The predicted octanol–water partition coefficient (Wildman–Crippen LogP) is 4.81. The molecule has 2 aliphatic heterocycles. The monoisotopic (exact) mass is 626 g/mol. The molecular weight excluding hydrogens is 590 g/mol. The van der Waals surface area contributed by atoms with Gasteiger partial charge in [0.1, 0.15) is 29.5 Å². The third-order valence-corrected chi connectivity index (χ3v) is 9.43. The number of carbonyl (C=O) groups excluding carboxylic acids is 1. The Balaban J connectivity index is 1.47. The van der Waals surface area contributed by atoms with Crippen molar-refractivity contribution in [2.75, 3.05) is 45.8 Å². The highest BCUT2D eigenvalue weighted by Gasteiger charge is 2.37.